The molecule has 1 saturated heterocycles. The first-order valence-corrected chi connectivity index (χ1v) is 9.12. The van der Waals surface area contributed by atoms with E-state index in [0.29, 0.717) is 23.7 Å². The predicted octanol–water partition coefficient (Wildman–Crippen LogP) is 2.80. The number of ether oxygens (including phenoxy) is 2. The second-order valence-corrected chi connectivity index (χ2v) is 6.43. The van der Waals surface area contributed by atoms with Gasteiger partial charge in [0.25, 0.3) is 0 Å². The average molecular weight is 384 g/mol. The van der Waals surface area contributed by atoms with E-state index < -0.39 is 5.97 Å². The molecule has 1 aliphatic heterocycles. The van der Waals surface area contributed by atoms with Crippen molar-refractivity contribution >= 4 is 23.4 Å². The number of rotatable bonds is 6. The molecule has 0 radical (unpaired) electrons. The lowest BCUT2D eigenvalue weighted by Gasteiger charge is -2.22. The van der Waals surface area contributed by atoms with Crippen LogP contribution in [0, 0.1) is 0 Å². The number of carbonyl (C=O) groups is 2. The molecule has 1 aromatic heterocycles. The fourth-order valence-electron chi connectivity index (χ4n) is 3.14. The Balaban J connectivity index is 1.72. The van der Waals surface area contributed by atoms with Crippen LogP contribution in [0.5, 0.6) is 5.88 Å². The highest BCUT2D eigenvalue weighted by molar-refractivity contribution is 5.97. The van der Waals surface area contributed by atoms with Gasteiger partial charge in [-0.15, -0.1) is 0 Å². The van der Waals surface area contributed by atoms with Crippen molar-refractivity contribution in [1.29, 1.82) is 0 Å². The number of anilines is 2. The number of benzene rings is 1. The van der Waals surface area contributed by atoms with Gasteiger partial charge >= 0.3 is 12.0 Å². The Morgan fingerprint density at radius 3 is 2.64 bits per heavy atom. The molecule has 8 heteroatoms. The summed E-state index contributed by atoms with van der Waals surface area (Å²) in [5.74, 6) is 0.0436. The molecule has 1 aliphatic rings. The van der Waals surface area contributed by atoms with Crippen LogP contribution in [-0.4, -0.2) is 44.3 Å². The van der Waals surface area contributed by atoms with Crippen LogP contribution in [0.1, 0.15) is 28.8 Å². The second-order valence-electron chi connectivity index (χ2n) is 6.43. The normalized spacial score (nSPS) is 13.1. The van der Waals surface area contributed by atoms with Crippen molar-refractivity contribution in [3.63, 3.8) is 0 Å². The molecule has 0 saturated carbocycles. The number of urea groups is 1. The van der Waals surface area contributed by atoms with Crippen molar-refractivity contribution in [2.24, 2.45) is 0 Å². The van der Waals surface area contributed by atoms with E-state index in [0.717, 1.165) is 37.2 Å². The summed E-state index contributed by atoms with van der Waals surface area (Å²) in [7, 11) is 2.87. The fraction of sp³-hybridized carbons (Fsp3) is 0.350. The van der Waals surface area contributed by atoms with E-state index in [2.05, 4.69) is 20.5 Å². The fourth-order valence-corrected chi connectivity index (χ4v) is 3.14. The van der Waals surface area contributed by atoms with Gasteiger partial charge in [0, 0.05) is 31.9 Å². The minimum Gasteiger partial charge on any atom is -0.481 e. The maximum Gasteiger partial charge on any atom is 0.337 e. The molecule has 28 heavy (non-hydrogen) atoms. The molecule has 2 aromatic rings. The van der Waals surface area contributed by atoms with Gasteiger partial charge in [-0.1, -0.05) is 0 Å². The molecular formula is C20H24N4O4. The van der Waals surface area contributed by atoms with Gasteiger partial charge in [-0.2, -0.15) is 0 Å². The smallest absolute Gasteiger partial charge is 0.337 e. The van der Waals surface area contributed by atoms with Gasteiger partial charge in [0.05, 0.1) is 31.2 Å². The molecule has 0 aliphatic carbocycles. The van der Waals surface area contributed by atoms with Crippen LogP contribution in [0.3, 0.4) is 0 Å². The Bertz CT molecular complexity index is 850. The summed E-state index contributed by atoms with van der Waals surface area (Å²) >= 11 is 0. The molecule has 0 bridgehead atoms. The zero-order valence-electron chi connectivity index (χ0n) is 16.0. The molecule has 2 amide bonds. The average Bonchev–Trinajstić information content (AvgIpc) is 3.26. The summed E-state index contributed by atoms with van der Waals surface area (Å²) in [6.07, 6.45) is 3.83. The zero-order chi connectivity index (χ0) is 19.9. The predicted molar refractivity (Wildman–Crippen MR) is 106 cm³/mol. The highest BCUT2D eigenvalue weighted by Crippen LogP contribution is 2.30. The SMILES string of the molecule is COC(=O)c1ccc(N2CCCC2)c(NC(=O)NCc2ccnc(OC)c2)c1. The Hall–Kier alpha value is -3.29. The quantitative estimate of drug-likeness (QED) is 0.744. The molecule has 8 nitrogen and oxygen atoms in total. The van der Waals surface area contributed by atoms with Crippen molar-refractivity contribution in [2.75, 3.05) is 37.5 Å². The minimum atomic E-state index is -0.444. The number of hydrogen-bond acceptors (Lipinski definition) is 6. The lowest BCUT2D eigenvalue weighted by Crippen LogP contribution is -2.29. The zero-order valence-corrected chi connectivity index (χ0v) is 16.0. The van der Waals surface area contributed by atoms with Gasteiger partial charge in [0.15, 0.2) is 0 Å². The first kappa shape index (κ1) is 19.5. The van der Waals surface area contributed by atoms with E-state index in [9.17, 15) is 9.59 Å². The highest BCUT2D eigenvalue weighted by Gasteiger charge is 2.19. The van der Waals surface area contributed by atoms with Crippen LogP contribution in [0.2, 0.25) is 0 Å². The summed E-state index contributed by atoms with van der Waals surface area (Å²) in [6.45, 7) is 2.16. The molecule has 3 rings (SSSR count). The second kappa shape index (κ2) is 9.07. The van der Waals surface area contributed by atoms with Crippen LogP contribution in [-0.2, 0) is 11.3 Å². The molecule has 2 heterocycles. The number of nitrogens with one attached hydrogen (secondary N) is 2. The van der Waals surface area contributed by atoms with E-state index in [1.54, 1.807) is 37.6 Å². The maximum atomic E-state index is 12.5. The minimum absolute atomic E-state index is 0.320. The molecule has 1 fully saturated rings. The number of aromatic nitrogens is 1. The number of pyridine rings is 1. The van der Waals surface area contributed by atoms with Crippen molar-refractivity contribution in [3.05, 3.63) is 47.7 Å². The lowest BCUT2D eigenvalue weighted by atomic mass is 10.1. The van der Waals surface area contributed by atoms with Crippen LogP contribution in [0.4, 0.5) is 16.2 Å². The Kier molecular flexibility index (Phi) is 6.31. The number of hydrogen-bond donors (Lipinski definition) is 2. The summed E-state index contributed by atoms with van der Waals surface area (Å²) in [5.41, 5.74) is 2.73. The van der Waals surface area contributed by atoms with E-state index in [-0.39, 0.29) is 6.03 Å². The van der Waals surface area contributed by atoms with Crippen molar-refractivity contribution in [3.8, 4) is 5.88 Å². The van der Waals surface area contributed by atoms with Crippen molar-refractivity contribution < 1.29 is 19.1 Å². The summed E-state index contributed by atoms with van der Waals surface area (Å²) in [4.78, 5) is 30.6. The molecule has 0 spiro atoms. The lowest BCUT2D eigenvalue weighted by molar-refractivity contribution is 0.0600. The highest BCUT2D eigenvalue weighted by atomic mass is 16.5. The van der Waals surface area contributed by atoms with Crippen LogP contribution >= 0.6 is 0 Å². The number of esters is 1. The number of carbonyl (C=O) groups excluding carboxylic acids is 2. The third kappa shape index (κ3) is 4.70. The molecule has 148 valence electrons. The summed E-state index contributed by atoms with van der Waals surface area (Å²) < 4.78 is 9.88. The molecule has 2 N–H and O–H groups in total. The third-order valence-corrected chi connectivity index (χ3v) is 4.57. The number of methoxy groups -OCH3 is 2. The summed E-state index contributed by atoms with van der Waals surface area (Å²) in [5, 5.41) is 5.67. The number of amides is 2. The van der Waals surface area contributed by atoms with Gasteiger partial charge in [0.1, 0.15) is 0 Å². The van der Waals surface area contributed by atoms with E-state index >= 15 is 0 Å². The van der Waals surface area contributed by atoms with E-state index in [4.69, 9.17) is 9.47 Å². The van der Waals surface area contributed by atoms with Gasteiger partial charge in [-0.25, -0.2) is 14.6 Å². The van der Waals surface area contributed by atoms with Crippen LogP contribution in [0.25, 0.3) is 0 Å². The molecule has 1 aromatic carbocycles. The van der Waals surface area contributed by atoms with E-state index in [1.165, 1.54) is 7.11 Å². The molecule has 0 unspecified atom stereocenters. The Labute approximate surface area is 163 Å². The van der Waals surface area contributed by atoms with Gasteiger partial charge < -0.3 is 25.0 Å². The van der Waals surface area contributed by atoms with Crippen molar-refractivity contribution in [1.82, 2.24) is 10.3 Å². The first-order chi connectivity index (χ1) is 13.6. The summed E-state index contributed by atoms with van der Waals surface area (Å²) in [6, 6.07) is 8.41. The third-order valence-electron chi connectivity index (χ3n) is 4.57. The Morgan fingerprint density at radius 2 is 1.93 bits per heavy atom. The van der Waals surface area contributed by atoms with Crippen LogP contribution < -0.4 is 20.3 Å². The largest absolute Gasteiger partial charge is 0.481 e. The van der Waals surface area contributed by atoms with Crippen molar-refractivity contribution in [2.45, 2.75) is 19.4 Å². The first-order valence-electron chi connectivity index (χ1n) is 9.12. The van der Waals surface area contributed by atoms with Gasteiger partial charge in [-0.05, 0) is 42.7 Å². The number of nitrogens with zero attached hydrogens (tertiary/aromatic N) is 2. The standard InChI is InChI=1S/C20H24N4O4/c1-27-18-11-14(7-8-21-18)13-22-20(26)23-16-12-15(19(25)28-2)5-6-17(16)24-9-3-4-10-24/h5-8,11-12H,3-4,9-10,13H2,1-2H3,(H2,22,23,26). The topological polar surface area (TPSA) is 92.8 Å². The van der Waals surface area contributed by atoms with Gasteiger partial charge in [-0.3, -0.25) is 0 Å². The monoisotopic (exact) mass is 384 g/mol. The molecule has 0 atom stereocenters. The molecular weight excluding hydrogens is 360 g/mol. The maximum absolute atomic E-state index is 12.5. The van der Waals surface area contributed by atoms with E-state index in [1.807, 2.05) is 6.07 Å². The van der Waals surface area contributed by atoms with Crippen LogP contribution in [0.15, 0.2) is 36.5 Å². The Morgan fingerprint density at radius 1 is 1.14 bits per heavy atom. The van der Waals surface area contributed by atoms with Gasteiger partial charge in [0.2, 0.25) is 5.88 Å².